The van der Waals surface area contributed by atoms with Crippen LogP contribution in [0, 0.1) is 5.92 Å². The monoisotopic (exact) mass is 612 g/mol. The number of imidazole rings is 1. The second-order valence-electron chi connectivity index (χ2n) is 8.75. The third kappa shape index (κ3) is 4.43. The van der Waals surface area contributed by atoms with Crippen molar-refractivity contribution >= 4 is 53.5 Å². The maximum absolute atomic E-state index is 13.1. The molecule has 0 N–H and O–H groups in total. The summed E-state index contributed by atoms with van der Waals surface area (Å²) < 4.78 is 31.3. The molecular formula is C23H23Br2ClN4O2S. The number of benzene rings is 1. The van der Waals surface area contributed by atoms with Gasteiger partial charge < -0.3 is 4.57 Å². The number of sulfonamides is 1. The molecule has 10 heteroatoms. The van der Waals surface area contributed by atoms with Crippen LogP contribution >= 0.6 is 43.5 Å². The molecule has 3 aromatic rings. The lowest BCUT2D eigenvalue weighted by molar-refractivity contribution is 0.254. The summed E-state index contributed by atoms with van der Waals surface area (Å²) in [6.07, 6.45) is 8.23. The second kappa shape index (κ2) is 9.07. The molecule has 3 heterocycles. The van der Waals surface area contributed by atoms with Crippen molar-refractivity contribution in [3.8, 4) is 0 Å². The van der Waals surface area contributed by atoms with E-state index in [1.807, 2.05) is 12.3 Å². The number of rotatable bonds is 3. The van der Waals surface area contributed by atoms with Gasteiger partial charge in [0.1, 0.15) is 0 Å². The number of hydrogen-bond donors (Lipinski definition) is 0. The van der Waals surface area contributed by atoms with Gasteiger partial charge in [-0.1, -0.05) is 27.5 Å². The maximum atomic E-state index is 13.1. The van der Waals surface area contributed by atoms with E-state index in [1.165, 1.54) is 23.0 Å². The van der Waals surface area contributed by atoms with E-state index in [1.54, 1.807) is 22.1 Å². The Kier molecular flexibility index (Phi) is 6.46. The van der Waals surface area contributed by atoms with Gasteiger partial charge in [0.25, 0.3) is 10.0 Å². The van der Waals surface area contributed by atoms with E-state index in [0.717, 1.165) is 45.3 Å². The number of fused-ring (bicyclic) bond motifs is 2. The Morgan fingerprint density at radius 1 is 1.06 bits per heavy atom. The molecule has 1 unspecified atom stereocenters. The largest absolute Gasteiger partial charge is 0.339 e. The van der Waals surface area contributed by atoms with Crippen molar-refractivity contribution in [2.24, 2.45) is 13.0 Å². The molecule has 0 spiro atoms. The zero-order valence-corrected chi connectivity index (χ0v) is 22.8. The Morgan fingerprint density at radius 2 is 1.79 bits per heavy atom. The molecule has 33 heavy (non-hydrogen) atoms. The zero-order valence-electron chi connectivity index (χ0n) is 18.0. The van der Waals surface area contributed by atoms with Crippen LogP contribution in [0.2, 0.25) is 5.02 Å². The molecule has 1 atom stereocenters. The third-order valence-electron chi connectivity index (χ3n) is 6.67. The summed E-state index contributed by atoms with van der Waals surface area (Å²) in [6.45, 7) is 0.930. The summed E-state index contributed by atoms with van der Waals surface area (Å²) in [4.78, 5) is 8.94. The van der Waals surface area contributed by atoms with E-state index in [2.05, 4.69) is 49.0 Å². The van der Waals surface area contributed by atoms with Crippen LogP contribution in [-0.4, -0.2) is 40.3 Å². The van der Waals surface area contributed by atoms with Gasteiger partial charge in [-0.2, -0.15) is 4.31 Å². The fourth-order valence-corrected chi connectivity index (χ4v) is 8.07. The summed E-state index contributed by atoms with van der Waals surface area (Å²) in [6, 6.07) is 6.19. The standard InChI is InChI=1S/C23H23Br2ClN4O2S/c1-29-12-20(28-13-29)33(31,32)30-6-4-14(5-7-30)22-21-15(9-18(26)10-19(21)25)2-3-16-8-17(24)11-27-23(16)22/h8-14,22H,2-7H2,1H3. The van der Waals surface area contributed by atoms with Gasteiger partial charge >= 0.3 is 0 Å². The Morgan fingerprint density at radius 3 is 2.48 bits per heavy atom. The van der Waals surface area contributed by atoms with Crippen molar-refractivity contribution in [2.75, 3.05) is 13.1 Å². The lowest BCUT2D eigenvalue weighted by atomic mass is 9.77. The summed E-state index contributed by atoms with van der Waals surface area (Å²) in [5.74, 6) is 0.346. The summed E-state index contributed by atoms with van der Waals surface area (Å²) >= 11 is 13.8. The Balaban J connectivity index is 1.50. The van der Waals surface area contributed by atoms with E-state index in [4.69, 9.17) is 16.6 Å². The van der Waals surface area contributed by atoms with Crippen LogP contribution in [0.15, 0.2) is 50.9 Å². The van der Waals surface area contributed by atoms with Gasteiger partial charge in [0.05, 0.1) is 12.0 Å². The molecule has 2 aromatic heterocycles. The first kappa shape index (κ1) is 23.5. The molecule has 1 saturated heterocycles. The van der Waals surface area contributed by atoms with E-state index < -0.39 is 10.0 Å². The van der Waals surface area contributed by atoms with Crippen molar-refractivity contribution < 1.29 is 8.42 Å². The fraction of sp³-hybridized carbons (Fsp3) is 0.391. The summed E-state index contributed by atoms with van der Waals surface area (Å²) in [7, 11) is -1.82. The first-order valence-corrected chi connectivity index (χ1v) is 14.2. The zero-order chi connectivity index (χ0) is 23.3. The van der Waals surface area contributed by atoms with Crippen molar-refractivity contribution in [3.05, 3.63) is 73.3 Å². The predicted octanol–water partition coefficient (Wildman–Crippen LogP) is 5.32. The average Bonchev–Trinajstić information content (AvgIpc) is 3.15. The number of hydrogen-bond acceptors (Lipinski definition) is 4. The summed E-state index contributed by atoms with van der Waals surface area (Å²) in [5.41, 5.74) is 4.79. The van der Waals surface area contributed by atoms with E-state index in [9.17, 15) is 8.42 Å². The van der Waals surface area contributed by atoms with Crippen molar-refractivity contribution in [2.45, 2.75) is 36.6 Å². The number of aromatic nitrogens is 3. The minimum atomic E-state index is -3.59. The topological polar surface area (TPSA) is 68.1 Å². The molecule has 0 radical (unpaired) electrons. The van der Waals surface area contributed by atoms with Gasteiger partial charge in [-0.25, -0.2) is 13.4 Å². The van der Waals surface area contributed by atoms with Crippen molar-refractivity contribution in [1.29, 1.82) is 0 Å². The molecule has 1 aliphatic heterocycles. The maximum Gasteiger partial charge on any atom is 0.262 e. The molecule has 0 bridgehead atoms. The Labute approximate surface area is 215 Å². The van der Waals surface area contributed by atoms with Crippen LogP contribution in [0.1, 0.15) is 41.1 Å². The number of halogens is 3. The number of pyridine rings is 1. The van der Waals surface area contributed by atoms with Crippen LogP contribution in [0.5, 0.6) is 0 Å². The van der Waals surface area contributed by atoms with Crippen LogP contribution in [0.25, 0.3) is 0 Å². The van der Waals surface area contributed by atoms with Gasteiger partial charge in [0.15, 0.2) is 5.03 Å². The molecule has 1 aromatic carbocycles. The highest BCUT2D eigenvalue weighted by Gasteiger charge is 2.38. The molecular weight excluding hydrogens is 592 g/mol. The quantitative estimate of drug-likeness (QED) is 0.401. The molecule has 1 fully saturated rings. The van der Waals surface area contributed by atoms with Gasteiger partial charge in [-0.05, 0) is 82.4 Å². The number of piperidine rings is 1. The highest BCUT2D eigenvalue weighted by molar-refractivity contribution is 9.10. The number of nitrogens with zero attached hydrogens (tertiary/aromatic N) is 4. The smallest absolute Gasteiger partial charge is 0.262 e. The van der Waals surface area contributed by atoms with Crippen LogP contribution in [0.4, 0.5) is 0 Å². The summed E-state index contributed by atoms with van der Waals surface area (Å²) in [5, 5.41) is 0.827. The lowest BCUT2D eigenvalue weighted by Crippen LogP contribution is -2.40. The third-order valence-corrected chi connectivity index (χ3v) is 9.77. The predicted molar refractivity (Wildman–Crippen MR) is 135 cm³/mol. The van der Waals surface area contributed by atoms with Crippen molar-refractivity contribution in [3.63, 3.8) is 0 Å². The van der Waals surface area contributed by atoms with Gasteiger partial charge in [0, 0.05) is 52.4 Å². The minimum absolute atomic E-state index is 0.0805. The van der Waals surface area contributed by atoms with Crippen molar-refractivity contribution in [1.82, 2.24) is 18.8 Å². The first-order chi connectivity index (χ1) is 15.7. The van der Waals surface area contributed by atoms with Gasteiger partial charge in [0.2, 0.25) is 0 Å². The molecule has 174 valence electrons. The first-order valence-electron chi connectivity index (χ1n) is 10.8. The molecule has 6 nitrogen and oxygen atoms in total. The SMILES string of the molecule is Cn1cnc(S(=O)(=O)N2CCC(C3c4ncc(Br)cc4CCc4cc(Cl)cc(Br)c43)CC2)c1. The highest BCUT2D eigenvalue weighted by atomic mass is 79.9. The van der Waals surface area contributed by atoms with Crippen LogP contribution in [0.3, 0.4) is 0 Å². The van der Waals surface area contributed by atoms with E-state index >= 15 is 0 Å². The van der Waals surface area contributed by atoms with Gasteiger partial charge in [-0.15, -0.1) is 0 Å². The molecule has 5 rings (SSSR count). The molecule has 2 aliphatic rings. The molecule has 0 saturated carbocycles. The molecule has 1 aliphatic carbocycles. The lowest BCUT2D eigenvalue weighted by Gasteiger charge is -2.36. The normalized spacial score (nSPS) is 19.7. The highest BCUT2D eigenvalue weighted by Crippen LogP contribution is 2.46. The average molecular weight is 615 g/mol. The van der Waals surface area contributed by atoms with Crippen LogP contribution < -0.4 is 0 Å². The van der Waals surface area contributed by atoms with E-state index in [-0.39, 0.29) is 16.9 Å². The minimum Gasteiger partial charge on any atom is -0.339 e. The molecule has 0 amide bonds. The van der Waals surface area contributed by atoms with Crippen LogP contribution in [-0.2, 0) is 29.9 Å². The Bertz CT molecular complexity index is 1320. The number of aryl methyl sites for hydroxylation is 3. The van der Waals surface area contributed by atoms with E-state index in [0.29, 0.717) is 13.1 Å². The Hall–Kier alpha value is -1.26. The second-order valence-corrected chi connectivity index (χ2v) is 12.8. The van der Waals surface area contributed by atoms with Gasteiger partial charge in [-0.3, -0.25) is 4.98 Å². The fourth-order valence-electron chi connectivity index (χ4n) is 5.13.